The molecule has 328 valence electrons. The van der Waals surface area contributed by atoms with Crippen LogP contribution >= 0.6 is 11.6 Å². The van der Waals surface area contributed by atoms with Gasteiger partial charge in [-0.25, -0.2) is 0 Å². The molecule has 4 N–H and O–H groups in total. The van der Waals surface area contributed by atoms with Gasteiger partial charge in [-0.1, -0.05) is 97.2 Å². The quantitative estimate of drug-likeness (QED) is 0.0661. The molecule has 1 amide bonds. The lowest BCUT2D eigenvalue weighted by atomic mass is 9.58. The number of hydrogen-bond acceptors (Lipinski definition) is 8. The molecule has 2 unspecified atom stereocenters. The van der Waals surface area contributed by atoms with Crippen molar-refractivity contribution in [3.05, 3.63) is 130 Å². The van der Waals surface area contributed by atoms with Gasteiger partial charge in [0.05, 0.1) is 24.8 Å². The molecular weight excluding hydrogens is 782 g/mol. The van der Waals surface area contributed by atoms with E-state index in [1.54, 1.807) is 14.2 Å². The minimum atomic E-state index is -0.634. The van der Waals surface area contributed by atoms with Crippen LogP contribution in [0.5, 0.6) is 11.5 Å². The molecule has 0 radical (unpaired) electrons. The fourth-order valence-electron chi connectivity index (χ4n) is 10.8. The van der Waals surface area contributed by atoms with E-state index in [1.165, 1.54) is 16.7 Å². The molecule has 2 heterocycles. The Morgan fingerprint density at radius 3 is 2.21 bits per heavy atom. The number of benzene rings is 4. The van der Waals surface area contributed by atoms with Crippen LogP contribution in [0.1, 0.15) is 79.4 Å². The zero-order valence-corrected chi connectivity index (χ0v) is 37.5. The first-order chi connectivity index (χ1) is 29.7. The summed E-state index contributed by atoms with van der Waals surface area (Å²) in [5, 5.41) is 16.1. The third-order valence-corrected chi connectivity index (χ3v) is 14.0. The Morgan fingerprint density at radius 1 is 0.803 bits per heavy atom. The molecule has 0 aromatic heterocycles. The molecule has 4 aromatic rings. The maximum atomic E-state index is 15.3. The van der Waals surface area contributed by atoms with Crippen molar-refractivity contribution in [2.24, 2.45) is 17.8 Å². The Morgan fingerprint density at radius 2 is 1.49 bits per heavy atom. The van der Waals surface area contributed by atoms with Gasteiger partial charge in [0.25, 0.3) is 5.91 Å². The lowest BCUT2D eigenvalue weighted by molar-refractivity contribution is -0.0750. The summed E-state index contributed by atoms with van der Waals surface area (Å²) < 4.78 is 17.2. The van der Waals surface area contributed by atoms with Crippen LogP contribution in [0.3, 0.4) is 0 Å². The van der Waals surface area contributed by atoms with E-state index >= 15 is 4.79 Å². The average Bonchev–Trinajstić information content (AvgIpc) is 3.93. The molecule has 2 aliphatic heterocycles. The van der Waals surface area contributed by atoms with Crippen LogP contribution in [-0.2, 0) is 23.2 Å². The van der Waals surface area contributed by atoms with Crippen LogP contribution in [0.25, 0.3) is 0 Å². The van der Waals surface area contributed by atoms with E-state index < -0.39 is 11.1 Å². The summed E-state index contributed by atoms with van der Waals surface area (Å²) in [6, 6.07) is 36.2. The van der Waals surface area contributed by atoms with E-state index in [9.17, 15) is 0 Å². The zero-order valence-electron chi connectivity index (χ0n) is 36.8. The summed E-state index contributed by atoms with van der Waals surface area (Å²) in [4.78, 5) is 18.1. The lowest BCUT2D eigenvalue weighted by Gasteiger charge is -2.62. The molecule has 3 fully saturated rings. The number of amides is 1. The third kappa shape index (κ3) is 10.6. The maximum absolute atomic E-state index is 15.3. The van der Waals surface area contributed by atoms with E-state index in [0.29, 0.717) is 59.1 Å². The molecule has 10 heteroatoms. The van der Waals surface area contributed by atoms with Gasteiger partial charge in [-0.2, -0.15) is 0 Å². The second-order valence-corrected chi connectivity index (χ2v) is 18.3. The van der Waals surface area contributed by atoms with E-state index in [1.807, 2.05) is 30.3 Å². The number of nitrogens with zero attached hydrogens (tertiary/aromatic N) is 1. The molecular formula is C51H68ClN5O4. The fraction of sp³-hybridized carbons (Fsp3) is 0.510. The fourth-order valence-corrected chi connectivity index (χ4v) is 10.9. The molecule has 7 rings (SSSR count). The van der Waals surface area contributed by atoms with Gasteiger partial charge in [0.1, 0.15) is 0 Å². The predicted octanol–water partition coefficient (Wildman–Crippen LogP) is 8.26. The summed E-state index contributed by atoms with van der Waals surface area (Å²) in [5.41, 5.74) is 3.24. The number of rotatable bonds is 20. The Hall–Kier alpha value is -3.96. The van der Waals surface area contributed by atoms with Crippen LogP contribution in [0, 0.1) is 17.8 Å². The number of halogens is 1. The number of methoxy groups -OCH3 is 2. The highest BCUT2D eigenvalue weighted by Gasteiger charge is 2.60. The average molecular weight is 851 g/mol. The molecule has 1 aliphatic carbocycles. The Kier molecular flexibility index (Phi) is 15.8. The highest BCUT2D eigenvalue weighted by molar-refractivity contribution is 6.30. The van der Waals surface area contributed by atoms with E-state index in [0.717, 1.165) is 84.2 Å². The van der Waals surface area contributed by atoms with Gasteiger partial charge in [0.15, 0.2) is 11.5 Å². The summed E-state index contributed by atoms with van der Waals surface area (Å²) in [6.45, 7) is 11.1. The summed E-state index contributed by atoms with van der Waals surface area (Å²) in [6.07, 6.45) is 6.41. The number of hydrogen-bond donors (Lipinski definition) is 4. The van der Waals surface area contributed by atoms with E-state index in [2.05, 4.69) is 113 Å². The van der Waals surface area contributed by atoms with Crippen LogP contribution < -0.4 is 30.7 Å². The molecule has 1 saturated carbocycles. The topological polar surface area (TPSA) is 96.1 Å². The van der Waals surface area contributed by atoms with Gasteiger partial charge in [-0.15, -0.1) is 0 Å². The lowest BCUT2D eigenvalue weighted by Crippen LogP contribution is -2.72. The Bertz CT molecular complexity index is 1970. The molecule has 0 spiro atoms. The number of carbonyl (C=O) groups is 1. The SMILES string of the molecule is COCCCOc1cc(C(=O)NC2(C[C@H]3CNC[C@@H]3Cc3ccccc3)CCCCC2(c2ccc(Cl)cc2)N(C[C@@H]2CNC[C@@H]2NCc2ccccc2)C(C)C)ccc1OC. The van der Waals surface area contributed by atoms with Gasteiger partial charge in [0.2, 0.25) is 0 Å². The molecule has 6 atom stereocenters. The first kappa shape index (κ1) is 45.1. The van der Waals surface area contributed by atoms with Crippen LogP contribution in [0.4, 0.5) is 0 Å². The van der Waals surface area contributed by atoms with Crippen molar-refractivity contribution in [2.75, 3.05) is 60.2 Å². The van der Waals surface area contributed by atoms with Crippen LogP contribution in [0.15, 0.2) is 103 Å². The van der Waals surface area contributed by atoms with Crippen LogP contribution in [-0.4, -0.2) is 88.6 Å². The molecule has 9 nitrogen and oxygen atoms in total. The van der Waals surface area contributed by atoms with Crippen molar-refractivity contribution in [1.82, 2.24) is 26.2 Å². The second-order valence-electron chi connectivity index (χ2n) is 17.9. The van der Waals surface area contributed by atoms with Crippen molar-refractivity contribution in [2.45, 2.75) is 88.5 Å². The van der Waals surface area contributed by atoms with Crippen molar-refractivity contribution >= 4 is 17.5 Å². The first-order valence-corrected chi connectivity index (χ1v) is 23.0. The Labute approximate surface area is 369 Å². The number of carbonyl (C=O) groups excluding carboxylic acids is 1. The van der Waals surface area contributed by atoms with E-state index in [-0.39, 0.29) is 11.9 Å². The smallest absolute Gasteiger partial charge is 0.251 e. The maximum Gasteiger partial charge on any atom is 0.251 e. The molecule has 0 bridgehead atoms. The van der Waals surface area contributed by atoms with Gasteiger partial charge in [-0.3, -0.25) is 9.69 Å². The normalized spacial score (nSPS) is 25.2. The standard InChI is InChI=1S/C51H68ClN5O4/c1-37(2)57(36-43-34-54-35-46(43)55-31-39-16-9-6-10-17-39)51(44-19-21-45(52)22-20-44)25-12-11-24-50(51,30-42-33-53-32-41(42)28-38-14-7-5-8-15-38)56-49(58)40-18-23-47(60-4)48(29-40)61-27-13-26-59-3/h5-10,14-23,29,37,41-43,46,53-55H,11-13,24-28,30-36H2,1-4H3,(H,56,58)/t41-,42-,43-,46-,50?,51?/m0/s1. The summed E-state index contributed by atoms with van der Waals surface area (Å²) in [7, 11) is 3.33. The van der Waals surface area contributed by atoms with Crippen molar-refractivity contribution in [3.63, 3.8) is 0 Å². The van der Waals surface area contributed by atoms with Crippen molar-refractivity contribution in [1.29, 1.82) is 0 Å². The predicted molar refractivity (Wildman–Crippen MR) is 247 cm³/mol. The van der Waals surface area contributed by atoms with Crippen molar-refractivity contribution < 1.29 is 19.0 Å². The second kappa shape index (κ2) is 21.4. The van der Waals surface area contributed by atoms with Gasteiger partial charge in [-0.05, 0) is 111 Å². The minimum Gasteiger partial charge on any atom is -0.493 e. The molecule has 4 aromatic carbocycles. The highest BCUT2D eigenvalue weighted by Crippen LogP contribution is 2.54. The monoisotopic (exact) mass is 849 g/mol. The zero-order chi connectivity index (χ0) is 42.7. The first-order valence-electron chi connectivity index (χ1n) is 22.6. The van der Waals surface area contributed by atoms with E-state index in [4.69, 9.17) is 25.8 Å². The highest BCUT2D eigenvalue weighted by atomic mass is 35.5. The largest absolute Gasteiger partial charge is 0.493 e. The van der Waals surface area contributed by atoms with Crippen molar-refractivity contribution in [3.8, 4) is 11.5 Å². The molecule has 2 saturated heterocycles. The number of ether oxygens (including phenoxy) is 3. The summed E-state index contributed by atoms with van der Waals surface area (Å²) >= 11 is 6.71. The third-order valence-electron chi connectivity index (χ3n) is 13.8. The number of nitrogens with one attached hydrogen (secondary N) is 4. The summed E-state index contributed by atoms with van der Waals surface area (Å²) in [5.74, 6) is 2.18. The molecule has 61 heavy (non-hydrogen) atoms. The molecule has 3 aliphatic rings. The van der Waals surface area contributed by atoms with Gasteiger partial charge < -0.3 is 35.5 Å². The van der Waals surface area contributed by atoms with Gasteiger partial charge in [0, 0.05) is 74.9 Å². The van der Waals surface area contributed by atoms with Gasteiger partial charge >= 0.3 is 0 Å². The van der Waals surface area contributed by atoms with Crippen LogP contribution in [0.2, 0.25) is 5.02 Å². The minimum absolute atomic E-state index is 0.0937. The Balaban J connectivity index is 1.31.